The minimum absolute atomic E-state index is 0.270. The second-order valence-electron chi connectivity index (χ2n) is 20.5. The van der Waals surface area contributed by atoms with Crippen molar-refractivity contribution in [1.82, 2.24) is 0 Å². The van der Waals surface area contributed by atoms with Gasteiger partial charge in [0.2, 0.25) is 0 Å². The molecule has 0 saturated heterocycles. The molecule has 15 rings (SSSR count). The van der Waals surface area contributed by atoms with Crippen LogP contribution in [0.1, 0.15) is 99.3 Å². The van der Waals surface area contributed by atoms with Gasteiger partial charge in [-0.05, 0) is 188 Å². The van der Waals surface area contributed by atoms with Gasteiger partial charge in [0.1, 0.15) is 0 Å². The summed E-state index contributed by atoms with van der Waals surface area (Å²) in [7, 11) is 0. The molecule has 0 heteroatoms. The molecular formula is C56H52. The van der Waals surface area contributed by atoms with E-state index < -0.39 is 0 Å². The van der Waals surface area contributed by atoms with E-state index in [1.165, 1.54) is 120 Å². The first-order valence-electron chi connectivity index (χ1n) is 22.1. The first-order valence-corrected chi connectivity index (χ1v) is 22.1. The van der Waals surface area contributed by atoms with Crippen LogP contribution in [0.5, 0.6) is 0 Å². The van der Waals surface area contributed by atoms with Crippen LogP contribution in [-0.4, -0.2) is 0 Å². The lowest BCUT2D eigenvalue weighted by Crippen LogP contribution is -2.56. The second-order valence-corrected chi connectivity index (χ2v) is 20.5. The molecule has 8 bridgehead atoms. The Kier molecular flexibility index (Phi) is 6.64. The van der Waals surface area contributed by atoms with Crippen LogP contribution in [0.15, 0.2) is 146 Å². The largest absolute Gasteiger partial charge is 0.0616 e. The van der Waals surface area contributed by atoms with Crippen molar-refractivity contribution < 1.29 is 0 Å². The van der Waals surface area contributed by atoms with Gasteiger partial charge in [0.25, 0.3) is 0 Å². The Morgan fingerprint density at radius 2 is 0.786 bits per heavy atom. The van der Waals surface area contributed by atoms with Gasteiger partial charge in [-0.2, -0.15) is 0 Å². The molecule has 4 unspecified atom stereocenters. The molecule has 276 valence electrons. The van der Waals surface area contributed by atoms with Crippen LogP contribution in [0.3, 0.4) is 0 Å². The zero-order valence-electron chi connectivity index (χ0n) is 32.7. The normalized spacial score (nSPS) is 33.9. The maximum absolute atomic E-state index is 2.55. The highest BCUT2D eigenvalue weighted by atomic mass is 14.6. The average molecular weight is 725 g/mol. The van der Waals surface area contributed by atoms with E-state index >= 15 is 0 Å². The van der Waals surface area contributed by atoms with Crippen molar-refractivity contribution in [3.63, 3.8) is 0 Å². The molecule has 8 aliphatic carbocycles. The Morgan fingerprint density at radius 1 is 0.339 bits per heavy atom. The predicted octanol–water partition coefficient (Wildman–Crippen LogP) is 14.4. The third kappa shape index (κ3) is 4.65. The lowest BCUT2D eigenvalue weighted by Gasteiger charge is -2.63. The minimum atomic E-state index is 0.270. The van der Waals surface area contributed by atoms with Gasteiger partial charge in [-0.3, -0.25) is 0 Å². The molecule has 0 radical (unpaired) electrons. The average Bonchev–Trinajstić information content (AvgIpc) is 3.22. The Labute approximate surface area is 332 Å². The van der Waals surface area contributed by atoms with Crippen LogP contribution in [0.2, 0.25) is 0 Å². The maximum Gasteiger partial charge on any atom is -0.00269 e. The van der Waals surface area contributed by atoms with Crippen molar-refractivity contribution in [2.24, 2.45) is 23.7 Å². The molecule has 0 nitrogen and oxygen atoms in total. The SMILES string of the molecule is c1ccc2cc(C34C[C@@H]5C[C@@H](CC(c6ccc(-c7ccc(C89C[C@H]%10C[C@@H](C8)CC(c8cccc%11ccc%12ccccc%12c8%11)(C%10)C9)cc7)cc6)(C5)C3)C4)ccc2c1. The molecule has 7 aromatic rings. The van der Waals surface area contributed by atoms with E-state index in [1.54, 1.807) is 22.3 Å². The molecule has 8 aliphatic rings. The van der Waals surface area contributed by atoms with Gasteiger partial charge in [0.05, 0.1) is 0 Å². The highest BCUT2D eigenvalue weighted by Gasteiger charge is 2.60. The quantitative estimate of drug-likeness (QED) is 0.155. The van der Waals surface area contributed by atoms with Gasteiger partial charge in [-0.15, -0.1) is 0 Å². The molecule has 7 aromatic carbocycles. The molecule has 0 amide bonds. The van der Waals surface area contributed by atoms with Gasteiger partial charge in [0, 0.05) is 0 Å². The van der Waals surface area contributed by atoms with Crippen molar-refractivity contribution in [2.75, 3.05) is 0 Å². The summed E-state index contributed by atoms with van der Waals surface area (Å²) in [5, 5.41) is 8.53. The lowest BCUT2D eigenvalue weighted by atomic mass is 9.41. The molecule has 8 atom stereocenters. The fourth-order valence-electron chi connectivity index (χ4n) is 15.9. The van der Waals surface area contributed by atoms with Crippen LogP contribution < -0.4 is 0 Å². The summed E-state index contributed by atoms with van der Waals surface area (Å²) < 4.78 is 0. The van der Waals surface area contributed by atoms with Crippen molar-refractivity contribution in [2.45, 2.75) is 98.7 Å². The molecule has 8 fully saturated rings. The molecule has 8 saturated carbocycles. The van der Waals surface area contributed by atoms with Crippen LogP contribution in [0, 0.1) is 23.7 Å². The monoisotopic (exact) mass is 724 g/mol. The molecular weight excluding hydrogens is 673 g/mol. The zero-order valence-corrected chi connectivity index (χ0v) is 32.7. The third-order valence-corrected chi connectivity index (χ3v) is 17.2. The first kappa shape index (κ1) is 32.4. The zero-order chi connectivity index (χ0) is 36.7. The van der Waals surface area contributed by atoms with E-state index in [4.69, 9.17) is 0 Å². The highest BCUT2D eigenvalue weighted by molar-refractivity contribution is 6.09. The van der Waals surface area contributed by atoms with E-state index in [9.17, 15) is 0 Å². The summed E-state index contributed by atoms with van der Waals surface area (Å²) in [6.45, 7) is 0. The molecule has 0 N–H and O–H groups in total. The van der Waals surface area contributed by atoms with E-state index in [1.807, 2.05) is 0 Å². The Hall–Kier alpha value is -4.68. The van der Waals surface area contributed by atoms with Crippen LogP contribution in [0.25, 0.3) is 43.4 Å². The second kappa shape index (κ2) is 11.5. The van der Waals surface area contributed by atoms with E-state index in [-0.39, 0.29) is 5.41 Å². The summed E-state index contributed by atoms with van der Waals surface area (Å²) in [4.78, 5) is 0. The Balaban J connectivity index is 0.808. The molecule has 56 heavy (non-hydrogen) atoms. The number of rotatable bonds is 5. The summed E-state index contributed by atoms with van der Waals surface area (Å²) in [6, 6.07) is 57.5. The van der Waals surface area contributed by atoms with Gasteiger partial charge >= 0.3 is 0 Å². The number of benzene rings is 7. The molecule has 0 aromatic heterocycles. The van der Waals surface area contributed by atoms with Crippen molar-refractivity contribution >= 4 is 32.3 Å². The molecule has 0 spiro atoms. The smallest absolute Gasteiger partial charge is 0.00269 e. The fourth-order valence-corrected chi connectivity index (χ4v) is 15.9. The number of hydrogen-bond acceptors (Lipinski definition) is 0. The Morgan fingerprint density at radius 3 is 1.41 bits per heavy atom. The summed E-state index contributed by atoms with van der Waals surface area (Å²) in [5.41, 5.74) is 10.4. The highest BCUT2D eigenvalue weighted by Crippen LogP contribution is 2.68. The van der Waals surface area contributed by atoms with E-state index in [2.05, 4.69) is 146 Å². The van der Waals surface area contributed by atoms with Gasteiger partial charge in [-0.1, -0.05) is 146 Å². The fraction of sp³-hybridized carbons (Fsp3) is 0.357. The number of fused-ring (bicyclic) bond motifs is 4. The summed E-state index contributed by atoms with van der Waals surface area (Å²) in [5.74, 6) is 3.38. The van der Waals surface area contributed by atoms with Crippen LogP contribution in [-0.2, 0) is 21.7 Å². The van der Waals surface area contributed by atoms with Gasteiger partial charge in [-0.25, -0.2) is 0 Å². The predicted molar refractivity (Wildman–Crippen MR) is 233 cm³/mol. The Bertz CT molecular complexity index is 2670. The summed E-state index contributed by atoms with van der Waals surface area (Å²) in [6.07, 6.45) is 16.5. The maximum atomic E-state index is 2.55. The topological polar surface area (TPSA) is 0 Å². The molecule has 0 heterocycles. The minimum Gasteiger partial charge on any atom is -0.0616 e. The van der Waals surface area contributed by atoms with Crippen molar-refractivity contribution in [3.05, 3.63) is 168 Å². The van der Waals surface area contributed by atoms with Gasteiger partial charge < -0.3 is 0 Å². The van der Waals surface area contributed by atoms with Crippen molar-refractivity contribution in [1.29, 1.82) is 0 Å². The number of hydrogen-bond donors (Lipinski definition) is 0. The first-order chi connectivity index (χ1) is 27.5. The van der Waals surface area contributed by atoms with Crippen LogP contribution in [0.4, 0.5) is 0 Å². The van der Waals surface area contributed by atoms with E-state index in [0.717, 1.165) is 23.7 Å². The third-order valence-electron chi connectivity index (χ3n) is 17.2. The summed E-state index contributed by atoms with van der Waals surface area (Å²) >= 11 is 0. The van der Waals surface area contributed by atoms with Gasteiger partial charge in [0.15, 0.2) is 0 Å². The lowest BCUT2D eigenvalue weighted by molar-refractivity contribution is -0.0281. The van der Waals surface area contributed by atoms with Crippen molar-refractivity contribution in [3.8, 4) is 11.1 Å². The van der Waals surface area contributed by atoms with Crippen LogP contribution >= 0.6 is 0 Å². The standard InChI is InChI=1S/C56H52/c1-2-8-46-26-49(23-18-41(46)6-1)55-31-37-24-38(32-55)28-53(27-37,35-55)47-19-14-42(15-20-47)43-16-21-48(22-17-43)54-29-39-25-40(30-54)34-56(33-39,36-54)51-11-5-9-45-13-12-44-7-3-4-10-50(44)52(45)51/h1-23,26,37-40H,24-25,27-36H2/t37-,38+,39-,40+,53?,54?,55?,56?. The van der Waals surface area contributed by atoms with E-state index in [0.29, 0.717) is 16.2 Å². The molecule has 0 aliphatic heterocycles.